The van der Waals surface area contributed by atoms with Crippen molar-refractivity contribution in [1.29, 1.82) is 0 Å². The van der Waals surface area contributed by atoms with Crippen LogP contribution in [0.1, 0.15) is 18.9 Å². The topological polar surface area (TPSA) is 66.6 Å². The van der Waals surface area contributed by atoms with Crippen molar-refractivity contribution < 1.29 is 9.90 Å². The van der Waals surface area contributed by atoms with Gasteiger partial charge in [-0.05, 0) is 38.4 Å². The summed E-state index contributed by atoms with van der Waals surface area (Å²) in [6.45, 7) is 4.97. The van der Waals surface area contributed by atoms with Crippen LogP contribution in [0.5, 0.6) is 0 Å². The highest BCUT2D eigenvalue weighted by Gasteiger charge is 2.24. The molecule has 0 saturated carbocycles. The van der Waals surface area contributed by atoms with Gasteiger partial charge in [-0.3, -0.25) is 0 Å². The van der Waals surface area contributed by atoms with Crippen LogP contribution in [0.25, 0.3) is 0 Å². The van der Waals surface area contributed by atoms with Gasteiger partial charge in [-0.2, -0.15) is 0 Å². The van der Waals surface area contributed by atoms with Crippen LogP contribution in [-0.4, -0.2) is 30.2 Å². The van der Waals surface area contributed by atoms with Crippen LogP contribution in [0.15, 0.2) is 24.3 Å². The molecule has 0 heterocycles. The zero-order valence-corrected chi connectivity index (χ0v) is 10.4. The molecule has 94 valence electrons. The van der Waals surface area contributed by atoms with Crippen LogP contribution in [-0.2, 0) is 4.79 Å². The summed E-state index contributed by atoms with van der Waals surface area (Å²) in [7, 11) is 0. The minimum Gasteiger partial charge on any atom is -0.480 e. The first-order valence-electron chi connectivity index (χ1n) is 5.87. The van der Waals surface area contributed by atoms with Crippen molar-refractivity contribution in [1.82, 2.24) is 0 Å². The lowest BCUT2D eigenvalue weighted by Crippen LogP contribution is -2.43. The highest BCUT2D eigenvalue weighted by atomic mass is 16.4. The van der Waals surface area contributed by atoms with Gasteiger partial charge in [0, 0.05) is 12.2 Å². The van der Waals surface area contributed by atoms with Crippen LogP contribution >= 0.6 is 0 Å². The Labute approximate surface area is 102 Å². The number of aliphatic carboxylic acids is 1. The van der Waals surface area contributed by atoms with Gasteiger partial charge in [-0.25, -0.2) is 4.79 Å². The first-order valence-corrected chi connectivity index (χ1v) is 5.87. The molecule has 4 nitrogen and oxygen atoms in total. The van der Waals surface area contributed by atoms with E-state index in [1.807, 2.05) is 43.0 Å². The predicted octanol–water partition coefficient (Wildman–Crippen LogP) is 1.62. The van der Waals surface area contributed by atoms with Gasteiger partial charge < -0.3 is 15.7 Å². The Morgan fingerprint density at radius 3 is 2.59 bits per heavy atom. The second-order valence-electron chi connectivity index (χ2n) is 4.00. The Bertz CT molecular complexity index is 379. The molecule has 0 aromatic heterocycles. The van der Waals surface area contributed by atoms with Gasteiger partial charge >= 0.3 is 5.97 Å². The van der Waals surface area contributed by atoms with E-state index in [2.05, 4.69) is 0 Å². The summed E-state index contributed by atoms with van der Waals surface area (Å²) in [5.41, 5.74) is 7.54. The summed E-state index contributed by atoms with van der Waals surface area (Å²) >= 11 is 0. The molecule has 1 aromatic rings. The van der Waals surface area contributed by atoms with Crippen LogP contribution in [0.3, 0.4) is 0 Å². The summed E-state index contributed by atoms with van der Waals surface area (Å²) in [6.07, 6.45) is 0.456. The van der Waals surface area contributed by atoms with Gasteiger partial charge in [0.1, 0.15) is 6.04 Å². The lowest BCUT2D eigenvalue weighted by atomic mass is 10.1. The Morgan fingerprint density at radius 1 is 1.47 bits per heavy atom. The van der Waals surface area contributed by atoms with Crippen LogP contribution in [0, 0.1) is 6.92 Å². The van der Waals surface area contributed by atoms with Crippen molar-refractivity contribution in [2.75, 3.05) is 18.0 Å². The SMILES string of the molecule is CCN(c1ccccc1C)C(CCN)C(=O)O. The molecular formula is C13H20N2O2. The number of aryl methyl sites for hydroxylation is 1. The van der Waals surface area contributed by atoms with Crippen molar-refractivity contribution in [2.45, 2.75) is 26.3 Å². The number of anilines is 1. The fraction of sp³-hybridized carbons (Fsp3) is 0.462. The van der Waals surface area contributed by atoms with E-state index in [-0.39, 0.29) is 0 Å². The molecule has 1 aromatic carbocycles. The number of nitrogens with two attached hydrogens (primary N) is 1. The number of nitrogens with zero attached hydrogens (tertiary/aromatic N) is 1. The number of carbonyl (C=O) groups is 1. The van der Waals surface area contributed by atoms with Gasteiger partial charge in [0.05, 0.1) is 0 Å². The standard InChI is InChI=1S/C13H20N2O2/c1-3-15(12(8-9-14)13(16)17)11-7-5-4-6-10(11)2/h4-7,12H,3,8-9,14H2,1-2H3,(H,16,17). The maximum atomic E-state index is 11.3. The zero-order chi connectivity index (χ0) is 12.8. The minimum absolute atomic E-state index is 0.374. The Morgan fingerprint density at radius 2 is 2.12 bits per heavy atom. The number of para-hydroxylation sites is 1. The maximum absolute atomic E-state index is 11.3. The van der Waals surface area contributed by atoms with E-state index >= 15 is 0 Å². The summed E-state index contributed by atoms with van der Waals surface area (Å²) in [4.78, 5) is 13.2. The highest BCUT2D eigenvalue weighted by Crippen LogP contribution is 2.22. The van der Waals surface area contributed by atoms with E-state index in [4.69, 9.17) is 5.73 Å². The number of carboxylic acid groups (broad SMARTS) is 1. The normalized spacial score (nSPS) is 12.2. The average Bonchev–Trinajstić information content (AvgIpc) is 2.31. The second kappa shape index (κ2) is 6.25. The van der Waals surface area contributed by atoms with Crippen molar-refractivity contribution in [3.63, 3.8) is 0 Å². The third kappa shape index (κ3) is 3.20. The maximum Gasteiger partial charge on any atom is 0.326 e. The monoisotopic (exact) mass is 236 g/mol. The summed E-state index contributed by atoms with van der Waals surface area (Å²) in [5, 5.41) is 9.26. The molecule has 0 spiro atoms. The Kier molecular flexibility index (Phi) is 4.97. The van der Waals surface area contributed by atoms with Gasteiger partial charge in [0.25, 0.3) is 0 Å². The highest BCUT2D eigenvalue weighted by molar-refractivity contribution is 5.78. The molecule has 0 radical (unpaired) electrons. The van der Waals surface area contributed by atoms with Gasteiger partial charge in [-0.15, -0.1) is 0 Å². The number of benzene rings is 1. The second-order valence-corrected chi connectivity index (χ2v) is 4.00. The molecular weight excluding hydrogens is 216 g/mol. The third-order valence-electron chi connectivity index (χ3n) is 2.87. The first kappa shape index (κ1) is 13.5. The number of carboxylic acids is 1. The molecule has 0 aliphatic rings. The van der Waals surface area contributed by atoms with Crippen molar-refractivity contribution >= 4 is 11.7 Å². The number of likely N-dealkylation sites (N-methyl/N-ethyl adjacent to an activating group) is 1. The molecule has 0 aliphatic carbocycles. The van der Waals surface area contributed by atoms with Gasteiger partial charge in [0.2, 0.25) is 0 Å². The molecule has 0 saturated heterocycles. The fourth-order valence-corrected chi connectivity index (χ4v) is 2.01. The molecule has 0 amide bonds. The molecule has 0 aliphatic heterocycles. The molecule has 1 unspecified atom stereocenters. The first-order chi connectivity index (χ1) is 8.11. The number of hydrogen-bond acceptors (Lipinski definition) is 3. The van der Waals surface area contributed by atoms with E-state index in [9.17, 15) is 9.90 Å². The lowest BCUT2D eigenvalue weighted by molar-refractivity contribution is -0.138. The molecule has 1 rings (SSSR count). The third-order valence-corrected chi connectivity index (χ3v) is 2.87. The van der Waals surface area contributed by atoms with E-state index in [1.165, 1.54) is 0 Å². The van der Waals surface area contributed by atoms with Gasteiger partial charge in [0.15, 0.2) is 0 Å². The Balaban J connectivity index is 3.04. The molecule has 4 heteroatoms. The Hall–Kier alpha value is -1.55. The van der Waals surface area contributed by atoms with E-state index in [0.29, 0.717) is 19.5 Å². The largest absolute Gasteiger partial charge is 0.480 e. The smallest absolute Gasteiger partial charge is 0.326 e. The van der Waals surface area contributed by atoms with E-state index in [1.54, 1.807) is 0 Å². The zero-order valence-electron chi connectivity index (χ0n) is 10.4. The van der Waals surface area contributed by atoms with Crippen molar-refractivity contribution in [3.05, 3.63) is 29.8 Å². The summed E-state index contributed by atoms with van der Waals surface area (Å²) in [6, 6.07) is 7.26. The van der Waals surface area contributed by atoms with Crippen molar-refractivity contribution in [3.8, 4) is 0 Å². The van der Waals surface area contributed by atoms with Gasteiger partial charge in [-0.1, -0.05) is 18.2 Å². The van der Waals surface area contributed by atoms with E-state index < -0.39 is 12.0 Å². The van der Waals surface area contributed by atoms with Crippen LogP contribution in [0.2, 0.25) is 0 Å². The fourth-order valence-electron chi connectivity index (χ4n) is 2.01. The molecule has 1 atom stereocenters. The minimum atomic E-state index is -0.819. The summed E-state index contributed by atoms with van der Waals surface area (Å²) < 4.78 is 0. The number of rotatable bonds is 6. The van der Waals surface area contributed by atoms with Crippen LogP contribution < -0.4 is 10.6 Å². The van der Waals surface area contributed by atoms with Crippen molar-refractivity contribution in [2.24, 2.45) is 5.73 Å². The predicted molar refractivity (Wildman–Crippen MR) is 69.3 cm³/mol. The molecule has 0 bridgehead atoms. The number of hydrogen-bond donors (Lipinski definition) is 2. The molecule has 0 fully saturated rings. The average molecular weight is 236 g/mol. The molecule has 17 heavy (non-hydrogen) atoms. The summed E-state index contributed by atoms with van der Waals surface area (Å²) in [5.74, 6) is -0.819. The van der Waals surface area contributed by atoms with E-state index in [0.717, 1.165) is 11.3 Å². The quantitative estimate of drug-likeness (QED) is 0.787. The van der Waals surface area contributed by atoms with Crippen LogP contribution in [0.4, 0.5) is 5.69 Å². The molecule has 3 N–H and O–H groups in total. The lowest BCUT2D eigenvalue weighted by Gasteiger charge is -2.30.